The first-order valence-corrected chi connectivity index (χ1v) is 12.2. The fourth-order valence-electron chi connectivity index (χ4n) is 3.84. The quantitative estimate of drug-likeness (QED) is 0.355. The largest absolute Gasteiger partial charge is 0.462 e. The van der Waals surface area contributed by atoms with Crippen LogP contribution in [0.2, 0.25) is 0 Å². The average molecular weight is 495 g/mol. The Kier molecular flexibility index (Phi) is 6.55. The van der Waals surface area contributed by atoms with Crippen molar-refractivity contribution in [2.45, 2.75) is 13.5 Å². The number of aromatic nitrogens is 6. The van der Waals surface area contributed by atoms with Gasteiger partial charge < -0.3 is 19.3 Å². The highest BCUT2D eigenvalue weighted by Gasteiger charge is 2.21. The molecule has 1 aliphatic rings. The first kappa shape index (κ1) is 23.1. The molecule has 5 heterocycles. The summed E-state index contributed by atoms with van der Waals surface area (Å²) in [6.45, 7) is 5.58. The van der Waals surface area contributed by atoms with Crippen LogP contribution in [0.5, 0.6) is 0 Å². The van der Waals surface area contributed by atoms with Crippen molar-refractivity contribution in [1.29, 1.82) is 0 Å². The molecule has 0 N–H and O–H groups in total. The summed E-state index contributed by atoms with van der Waals surface area (Å²) in [6.07, 6.45) is 6.68. The predicted molar refractivity (Wildman–Crippen MR) is 133 cm³/mol. The fraction of sp³-hybridized carbons (Fsp3) is 0.391. The lowest BCUT2D eigenvalue weighted by Gasteiger charge is -2.28. The normalized spacial score (nSPS) is 13.9. The van der Waals surface area contributed by atoms with Gasteiger partial charge in [-0.15, -0.1) is 11.3 Å². The van der Waals surface area contributed by atoms with Crippen LogP contribution in [0.3, 0.4) is 0 Å². The summed E-state index contributed by atoms with van der Waals surface area (Å²) in [5.74, 6) is 1.67. The highest BCUT2D eigenvalue weighted by molar-refractivity contribution is 7.19. The van der Waals surface area contributed by atoms with Crippen LogP contribution in [0.25, 0.3) is 21.6 Å². The Morgan fingerprint density at radius 3 is 2.66 bits per heavy atom. The average Bonchev–Trinajstić information content (AvgIpc) is 3.49. The smallest absolute Gasteiger partial charge is 0.341 e. The second-order valence-electron chi connectivity index (χ2n) is 8.15. The maximum atomic E-state index is 11.9. The van der Waals surface area contributed by atoms with Crippen LogP contribution < -0.4 is 9.80 Å². The van der Waals surface area contributed by atoms with Gasteiger partial charge in [0.1, 0.15) is 0 Å². The van der Waals surface area contributed by atoms with E-state index in [1.165, 1.54) is 12.4 Å². The number of morpholine rings is 1. The molecule has 11 nitrogen and oxygen atoms in total. The number of ether oxygens (including phenoxy) is 2. The van der Waals surface area contributed by atoms with Crippen LogP contribution in [0.1, 0.15) is 22.2 Å². The van der Waals surface area contributed by atoms with Crippen LogP contribution in [0, 0.1) is 0 Å². The second-order valence-corrected chi connectivity index (χ2v) is 9.29. The highest BCUT2D eigenvalue weighted by Crippen LogP contribution is 2.35. The van der Waals surface area contributed by atoms with Gasteiger partial charge >= 0.3 is 5.97 Å². The van der Waals surface area contributed by atoms with Crippen molar-refractivity contribution < 1.29 is 14.3 Å². The number of hydrogen-bond acceptors (Lipinski definition) is 11. The van der Waals surface area contributed by atoms with Crippen molar-refractivity contribution in [3.63, 3.8) is 0 Å². The summed E-state index contributed by atoms with van der Waals surface area (Å²) < 4.78 is 13.3. The van der Waals surface area contributed by atoms with Gasteiger partial charge in [-0.3, -0.25) is 4.68 Å². The Morgan fingerprint density at radius 1 is 1.20 bits per heavy atom. The standard InChI is InChI=1S/C23H26N8O3S/c1-4-34-22(32)15-10-24-23(25-11-15)29(2)14-17-9-18-19(35-17)21(31-5-7-33-8-6-31)28-20(27-18)16-12-26-30(3)13-16/h9-13H,4-8,14H2,1-3H3. The Balaban J connectivity index is 1.44. The molecule has 0 saturated carbocycles. The van der Waals surface area contributed by atoms with E-state index >= 15 is 0 Å². The molecule has 182 valence electrons. The lowest BCUT2D eigenvalue weighted by atomic mass is 10.3. The second kappa shape index (κ2) is 9.92. The van der Waals surface area contributed by atoms with Crippen molar-refractivity contribution in [2.75, 3.05) is 49.8 Å². The summed E-state index contributed by atoms with van der Waals surface area (Å²) >= 11 is 1.66. The Morgan fingerprint density at radius 2 is 1.97 bits per heavy atom. The van der Waals surface area contributed by atoms with Crippen molar-refractivity contribution in [3.8, 4) is 11.4 Å². The molecule has 4 aromatic heterocycles. The predicted octanol–water partition coefficient (Wildman–Crippen LogP) is 2.53. The minimum absolute atomic E-state index is 0.310. The molecule has 0 atom stereocenters. The number of carbonyl (C=O) groups is 1. The van der Waals surface area contributed by atoms with Crippen molar-refractivity contribution in [2.24, 2.45) is 7.05 Å². The van der Waals surface area contributed by atoms with Gasteiger partial charge in [-0.1, -0.05) is 0 Å². The van der Waals surface area contributed by atoms with E-state index in [2.05, 4.69) is 26.0 Å². The van der Waals surface area contributed by atoms with Crippen molar-refractivity contribution in [3.05, 3.63) is 41.3 Å². The van der Waals surface area contributed by atoms with Gasteiger partial charge in [-0.05, 0) is 13.0 Å². The van der Waals surface area contributed by atoms with E-state index in [4.69, 9.17) is 19.4 Å². The lowest BCUT2D eigenvalue weighted by molar-refractivity contribution is 0.0525. The molecule has 5 rings (SSSR count). The van der Waals surface area contributed by atoms with E-state index in [0.717, 1.165) is 39.6 Å². The Hall–Kier alpha value is -3.64. The summed E-state index contributed by atoms with van der Waals surface area (Å²) in [5.41, 5.74) is 2.11. The fourth-order valence-corrected chi connectivity index (χ4v) is 5.01. The number of aryl methyl sites for hydroxylation is 1. The molecule has 4 aromatic rings. The SMILES string of the molecule is CCOC(=O)c1cnc(N(C)Cc2cc3nc(-c4cnn(C)c4)nc(N4CCOCC4)c3s2)nc1. The molecule has 0 unspecified atom stereocenters. The molecule has 1 saturated heterocycles. The monoisotopic (exact) mass is 494 g/mol. The van der Waals surface area contributed by atoms with E-state index in [1.807, 2.05) is 25.2 Å². The van der Waals surface area contributed by atoms with Gasteiger partial charge in [0.25, 0.3) is 0 Å². The van der Waals surface area contributed by atoms with Crippen molar-refractivity contribution >= 4 is 39.3 Å². The number of fused-ring (bicyclic) bond motifs is 1. The maximum Gasteiger partial charge on any atom is 0.341 e. The third-order valence-electron chi connectivity index (χ3n) is 5.56. The summed E-state index contributed by atoms with van der Waals surface area (Å²) in [4.78, 5) is 35.6. The number of anilines is 2. The first-order valence-electron chi connectivity index (χ1n) is 11.3. The third-order valence-corrected chi connectivity index (χ3v) is 6.67. The molecule has 0 bridgehead atoms. The van der Waals surface area contributed by atoms with Crippen LogP contribution in [-0.2, 0) is 23.1 Å². The minimum Gasteiger partial charge on any atom is -0.462 e. The zero-order valence-electron chi connectivity index (χ0n) is 19.8. The molecule has 12 heteroatoms. The number of rotatable bonds is 7. The summed E-state index contributed by atoms with van der Waals surface area (Å²) in [5, 5.41) is 4.28. The van der Waals surface area contributed by atoms with E-state index in [-0.39, 0.29) is 0 Å². The molecule has 0 aliphatic carbocycles. The molecular formula is C23H26N8O3S. The first-order chi connectivity index (χ1) is 17.0. The van der Waals surface area contributed by atoms with Crippen molar-refractivity contribution in [1.82, 2.24) is 29.7 Å². The highest BCUT2D eigenvalue weighted by atomic mass is 32.1. The third kappa shape index (κ3) is 4.93. The van der Waals surface area contributed by atoms with Gasteiger partial charge in [-0.2, -0.15) is 5.10 Å². The molecule has 0 aromatic carbocycles. The topological polar surface area (TPSA) is 111 Å². The van der Waals surface area contributed by atoms with E-state index in [0.29, 0.717) is 43.7 Å². The van der Waals surface area contributed by atoms with Gasteiger partial charge in [-0.25, -0.2) is 24.7 Å². The number of carbonyl (C=O) groups excluding carboxylic acids is 1. The van der Waals surface area contributed by atoms with Crippen LogP contribution in [0.15, 0.2) is 30.9 Å². The van der Waals surface area contributed by atoms with Crippen LogP contribution in [0.4, 0.5) is 11.8 Å². The zero-order chi connectivity index (χ0) is 24.4. The zero-order valence-corrected chi connectivity index (χ0v) is 20.7. The summed E-state index contributed by atoms with van der Waals surface area (Å²) in [7, 11) is 3.80. The van der Waals surface area contributed by atoms with Gasteiger partial charge in [0.15, 0.2) is 11.6 Å². The number of esters is 1. The molecule has 0 radical (unpaired) electrons. The summed E-state index contributed by atoms with van der Waals surface area (Å²) in [6, 6.07) is 2.09. The Bertz CT molecular complexity index is 1330. The van der Waals surface area contributed by atoms with E-state index in [9.17, 15) is 4.79 Å². The van der Waals surface area contributed by atoms with Gasteiger partial charge in [0.05, 0.1) is 53.9 Å². The van der Waals surface area contributed by atoms with E-state index < -0.39 is 5.97 Å². The molecule has 35 heavy (non-hydrogen) atoms. The van der Waals surface area contributed by atoms with Crippen LogP contribution >= 0.6 is 11.3 Å². The lowest BCUT2D eigenvalue weighted by Crippen LogP contribution is -2.36. The molecule has 1 aliphatic heterocycles. The molecular weight excluding hydrogens is 468 g/mol. The van der Waals surface area contributed by atoms with Crippen LogP contribution in [-0.4, -0.2) is 75.6 Å². The molecule has 1 fully saturated rings. The minimum atomic E-state index is -0.426. The number of thiophene rings is 1. The number of nitrogens with zero attached hydrogens (tertiary/aromatic N) is 8. The van der Waals surface area contributed by atoms with Gasteiger partial charge in [0.2, 0.25) is 5.95 Å². The molecule has 0 amide bonds. The van der Waals surface area contributed by atoms with E-state index in [1.54, 1.807) is 29.1 Å². The molecule has 0 spiro atoms. The maximum absolute atomic E-state index is 11.9. The number of hydrogen-bond donors (Lipinski definition) is 0. The van der Waals surface area contributed by atoms with Gasteiger partial charge in [0, 0.05) is 50.7 Å². The Labute approximate surface area is 206 Å².